The maximum Gasteiger partial charge on any atom is 0.325 e. The van der Waals surface area contributed by atoms with Gasteiger partial charge in [0.2, 0.25) is 5.91 Å². The van der Waals surface area contributed by atoms with E-state index in [1.807, 2.05) is 44.2 Å². The summed E-state index contributed by atoms with van der Waals surface area (Å²) in [5, 5.41) is 2.69. The lowest BCUT2D eigenvalue weighted by Crippen LogP contribution is -2.51. The van der Waals surface area contributed by atoms with Crippen LogP contribution in [0.1, 0.15) is 25.8 Å². The zero-order valence-corrected chi connectivity index (χ0v) is 15.2. The van der Waals surface area contributed by atoms with Crippen molar-refractivity contribution in [3.8, 4) is 0 Å². The molecule has 0 aromatic heterocycles. The molecule has 0 bridgehead atoms. The molecule has 0 spiro atoms. The second-order valence-corrected chi connectivity index (χ2v) is 7.01. The Labute approximate surface area is 153 Å². The molecule has 4 amide bonds. The van der Waals surface area contributed by atoms with E-state index in [-0.39, 0.29) is 30.6 Å². The number of imide groups is 1. The minimum atomic E-state index is -0.571. The fourth-order valence-corrected chi connectivity index (χ4v) is 3.49. The number of benzene rings is 1. The second kappa shape index (κ2) is 7.86. The molecule has 3 rings (SSSR count). The number of aryl methyl sites for hydroxylation is 1. The number of hydrogen-bond donors (Lipinski definition) is 1. The highest BCUT2D eigenvalue weighted by Gasteiger charge is 2.39. The third-order valence-electron chi connectivity index (χ3n) is 4.74. The Morgan fingerprint density at radius 1 is 1.15 bits per heavy atom. The zero-order valence-electron chi connectivity index (χ0n) is 15.2. The fraction of sp³-hybridized carbons (Fsp3) is 0.526. The number of carbonyl (C=O) groups excluding carboxylic acids is 3. The van der Waals surface area contributed by atoms with Crippen LogP contribution in [0.5, 0.6) is 0 Å². The quantitative estimate of drug-likeness (QED) is 0.801. The van der Waals surface area contributed by atoms with Crippen molar-refractivity contribution in [3.63, 3.8) is 0 Å². The minimum Gasteiger partial charge on any atom is -0.372 e. The van der Waals surface area contributed by atoms with Gasteiger partial charge in [-0.05, 0) is 32.3 Å². The number of amides is 4. The summed E-state index contributed by atoms with van der Waals surface area (Å²) in [5.74, 6) is -0.548. The summed E-state index contributed by atoms with van der Waals surface area (Å²) >= 11 is 0. The monoisotopic (exact) mass is 359 g/mol. The predicted molar refractivity (Wildman–Crippen MR) is 95.4 cm³/mol. The maximum absolute atomic E-state index is 12.5. The molecule has 26 heavy (non-hydrogen) atoms. The van der Waals surface area contributed by atoms with Crippen LogP contribution in [0.4, 0.5) is 4.79 Å². The van der Waals surface area contributed by atoms with Crippen molar-refractivity contribution in [2.24, 2.45) is 0 Å². The van der Waals surface area contributed by atoms with Gasteiger partial charge in [0.05, 0.1) is 12.2 Å². The molecule has 2 aliphatic heterocycles. The van der Waals surface area contributed by atoms with Crippen LogP contribution in [-0.2, 0) is 20.7 Å². The van der Waals surface area contributed by atoms with Crippen LogP contribution < -0.4 is 5.32 Å². The van der Waals surface area contributed by atoms with Crippen LogP contribution in [-0.4, -0.2) is 65.5 Å². The molecule has 2 fully saturated rings. The average molecular weight is 359 g/mol. The number of hydrogen-bond acceptors (Lipinski definition) is 4. The Hall–Kier alpha value is -2.41. The van der Waals surface area contributed by atoms with Crippen LogP contribution in [0.25, 0.3) is 0 Å². The first-order chi connectivity index (χ1) is 12.4. The number of morpholine rings is 1. The molecule has 2 saturated heterocycles. The second-order valence-electron chi connectivity index (χ2n) is 7.01. The number of urea groups is 1. The van der Waals surface area contributed by atoms with Gasteiger partial charge >= 0.3 is 6.03 Å². The van der Waals surface area contributed by atoms with Crippen LogP contribution in [0.3, 0.4) is 0 Å². The van der Waals surface area contributed by atoms with Gasteiger partial charge in [0.1, 0.15) is 12.6 Å². The van der Waals surface area contributed by atoms with Crippen molar-refractivity contribution in [2.75, 3.05) is 19.6 Å². The van der Waals surface area contributed by atoms with Crippen molar-refractivity contribution >= 4 is 17.8 Å². The molecule has 1 N–H and O–H groups in total. The van der Waals surface area contributed by atoms with Crippen LogP contribution in [0, 0.1) is 0 Å². The van der Waals surface area contributed by atoms with E-state index < -0.39 is 12.1 Å². The summed E-state index contributed by atoms with van der Waals surface area (Å²) < 4.78 is 5.62. The van der Waals surface area contributed by atoms with E-state index >= 15 is 0 Å². The third-order valence-corrected chi connectivity index (χ3v) is 4.74. The van der Waals surface area contributed by atoms with Gasteiger partial charge < -0.3 is 15.0 Å². The van der Waals surface area contributed by atoms with Gasteiger partial charge in [0, 0.05) is 13.1 Å². The Balaban J connectivity index is 1.56. The highest BCUT2D eigenvalue weighted by Crippen LogP contribution is 2.15. The lowest BCUT2D eigenvalue weighted by atomic mass is 10.1. The summed E-state index contributed by atoms with van der Waals surface area (Å²) in [4.78, 5) is 39.9. The van der Waals surface area contributed by atoms with E-state index in [4.69, 9.17) is 4.74 Å². The van der Waals surface area contributed by atoms with E-state index in [1.54, 1.807) is 4.90 Å². The Kier molecular flexibility index (Phi) is 5.56. The molecule has 140 valence electrons. The average Bonchev–Trinajstić information content (AvgIpc) is 2.87. The lowest BCUT2D eigenvalue weighted by molar-refractivity contribution is -0.146. The van der Waals surface area contributed by atoms with Crippen molar-refractivity contribution in [3.05, 3.63) is 35.9 Å². The molecule has 3 atom stereocenters. The molecule has 0 radical (unpaired) electrons. The largest absolute Gasteiger partial charge is 0.372 e. The molecular weight excluding hydrogens is 334 g/mol. The Morgan fingerprint density at radius 2 is 1.81 bits per heavy atom. The van der Waals surface area contributed by atoms with Gasteiger partial charge in [-0.15, -0.1) is 0 Å². The van der Waals surface area contributed by atoms with Gasteiger partial charge in [-0.1, -0.05) is 30.3 Å². The number of nitrogens with zero attached hydrogens (tertiary/aromatic N) is 2. The Morgan fingerprint density at radius 3 is 2.46 bits per heavy atom. The smallest absolute Gasteiger partial charge is 0.325 e. The zero-order chi connectivity index (χ0) is 18.7. The normalized spacial score (nSPS) is 26.2. The van der Waals surface area contributed by atoms with Gasteiger partial charge in [-0.25, -0.2) is 4.79 Å². The van der Waals surface area contributed by atoms with Crippen molar-refractivity contribution in [1.29, 1.82) is 0 Å². The summed E-state index contributed by atoms with van der Waals surface area (Å²) in [6, 6.07) is 8.74. The third kappa shape index (κ3) is 4.22. The van der Waals surface area contributed by atoms with Gasteiger partial charge in [-0.3, -0.25) is 14.5 Å². The first kappa shape index (κ1) is 18.4. The van der Waals surface area contributed by atoms with E-state index in [2.05, 4.69) is 5.32 Å². The number of rotatable bonds is 5. The van der Waals surface area contributed by atoms with E-state index in [0.29, 0.717) is 25.9 Å². The van der Waals surface area contributed by atoms with Crippen LogP contribution in [0.2, 0.25) is 0 Å². The predicted octanol–water partition coefficient (Wildman–Crippen LogP) is 1.18. The van der Waals surface area contributed by atoms with E-state index in [0.717, 1.165) is 10.5 Å². The van der Waals surface area contributed by atoms with E-state index in [1.165, 1.54) is 0 Å². The molecule has 2 aliphatic rings. The Bertz CT molecular complexity index is 669. The van der Waals surface area contributed by atoms with Crippen molar-refractivity contribution in [2.45, 2.75) is 44.9 Å². The highest BCUT2D eigenvalue weighted by atomic mass is 16.5. The van der Waals surface area contributed by atoms with Crippen molar-refractivity contribution < 1.29 is 19.1 Å². The summed E-state index contributed by atoms with van der Waals surface area (Å²) in [5.41, 5.74) is 1.11. The van der Waals surface area contributed by atoms with Gasteiger partial charge in [0.25, 0.3) is 5.91 Å². The first-order valence-electron chi connectivity index (χ1n) is 9.03. The minimum absolute atomic E-state index is 0.0515. The summed E-state index contributed by atoms with van der Waals surface area (Å²) in [6.07, 6.45) is 1.11. The molecule has 2 heterocycles. The summed E-state index contributed by atoms with van der Waals surface area (Å²) in [6.45, 7) is 4.55. The van der Waals surface area contributed by atoms with Gasteiger partial charge in [0.15, 0.2) is 0 Å². The maximum atomic E-state index is 12.5. The lowest BCUT2D eigenvalue weighted by Gasteiger charge is -2.35. The SMILES string of the molecule is C[C@@H]1CN(C(=O)CN2C(=O)N[C@H](CCc3ccccc3)C2=O)C[C@@H](C)O1. The van der Waals surface area contributed by atoms with Crippen LogP contribution >= 0.6 is 0 Å². The van der Waals surface area contributed by atoms with Gasteiger partial charge in [-0.2, -0.15) is 0 Å². The fourth-order valence-electron chi connectivity index (χ4n) is 3.49. The molecule has 1 aromatic carbocycles. The molecule has 7 nitrogen and oxygen atoms in total. The van der Waals surface area contributed by atoms with Crippen molar-refractivity contribution in [1.82, 2.24) is 15.1 Å². The van der Waals surface area contributed by atoms with E-state index in [9.17, 15) is 14.4 Å². The molecule has 7 heteroatoms. The molecule has 0 saturated carbocycles. The highest BCUT2D eigenvalue weighted by molar-refractivity contribution is 6.06. The summed E-state index contributed by atoms with van der Waals surface area (Å²) in [7, 11) is 0. The molecule has 0 unspecified atom stereocenters. The number of carbonyl (C=O) groups is 3. The molecule has 0 aliphatic carbocycles. The first-order valence-corrected chi connectivity index (χ1v) is 9.03. The number of nitrogens with one attached hydrogen (secondary N) is 1. The standard InChI is InChI=1S/C19H25N3O4/c1-13-10-21(11-14(2)26-13)17(23)12-22-18(24)16(20-19(22)25)9-8-15-6-4-3-5-7-15/h3-7,13-14,16H,8-12H2,1-2H3,(H,20,25)/t13-,14-,16-/m1/s1. The topological polar surface area (TPSA) is 79.0 Å². The molecule has 1 aromatic rings. The number of ether oxygens (including phenoxy) is 1. The van der Waals surface area contributed by atoms with Crippen LogP contribution in [0.15, 0.2) is 30.3 Å². The molecular formula is C19H25N3O4.